The Morgan fingerprint density at radius 3 is 2.84 bits per heavy atom. The van der Waals surface area contributed by atoms with Crippen molar-refractivity contribution in [1.29, 1.82) is 0 Å². The molecular formula is C16H25N7OS. The Balaban J connectivity index is 1.66. The van der Waals surface area contributed by atoms with Gasteiger partial charge in [-0.3, -0.25) is 9.48 Å². The summed E-state index contributed by atoms with van der Waals surface area (Å²) >= 11 is 1.45. The Morgan fingerprint density at radius 1 is 1.36 bits per heavy atom. The molecule has 1 unspecified atom stereocenters. The van der Waals surface area contributed by atoms with Crippen LogP contribution in [0.4, 0.5) is 5.13 Å². The van der Waals surface area contributed by atoms with Crippen molar-refractivity contribution in [3.05, 3.63) is 23.8 Å². The van der Waals surface area contributed by atoms with E-state index in [-0.39, 0.29) is 11.9 Å². The van der Waals surface area contributed by atoms with Gasteiger partial charge in [-0.05, 0) is 13.5 Å². The molecule has 136 valence electrons. The van der Waals surface area contributed by atoms with Crippen LogP contribution < -0.4 is 10.2 Å². The fourth-order valence-electron chi connectivity index (χ4n) is 3.05. The van der Waals surface area contributed by atoms with Gasteiger partial charge in [0.1, 0.15) is 11.9 Å². The van der Waals surface area contributed by atoms with Gasteiger partial charge in [0.05, 0.1) is 6.20 Å². The van der Waals surface area contributed by atoms with Crippen LogP contribution in [0.3, 0.4) is 0 Å². The number of hydrogen-bond acceptors (Lipinski definition) is 7. The summed E-state index contributed by atoms with van der Waals surface area (Å²) in [6.07, 6.45) is 5.41. The van der Waals surface area contributed by atoms with E-state index in [1.807, 2.05) is 25.2 Å². The Labute approximate surface area is 152 Å². The molecule has 2 aromatic heterocycles. The third-order valence-corrected chi connectivity index (χ3v) is 5.26. The molecule has 0 aliphatic carbocycles. The highest BCUT2D eigenvalue weighted by Crippen LogP contribution is 2.21. The van der Waals surface area contributed by atoms with Gasteiger partial charge in [0, 0.05) is 62.9 Å². The Kier molecular flexibility index (Phi) is 5.64. The van der Waals surface area contributed by atoms with Crippen LogP contribution in [-0.2, 0) is 18.3 Å². The maximum atomic E-state index is 13.0. The van der Waals surface area contributed by atoms with E-state index in [0.29, 0.717) is 6.54 Å². The van der Waals surface area contributed by atoms with Gasteiger partial charge in [-0.2, -0.15) is 9.47 Å². The predicted octanol–water partition coefficient (Wildman–Crippen LogP) is 0.833. The minimum Gasteiger partial charge on any atom is -0.345 e. The van der Waals surface area contributed by atoms with Crippen molar-refractivity contribution in [1.82, 2.24) is 29.4 Å². The highest BCUT2D eigenvalue weighted by Gasteiger charge is 2.27. The number of carbonyl (C=O) groups is 1. The molecule has 1 saturated heterocycles. The SMILES string of the molecule is CCc1nsc(N2CCCN(C(=O)C(NC)c3cnn(C)c3)CC2)n1. The van der Waals surface area contributed by atoms with Crippen molar-refractivity contribution in [3.8, 4) is 0 Å². The summed E-state index contributed by atoms with van der Waals surface area (Å²) in [4.78, 5) is 21.7. The fraction of sp³-hybridized carbons (Fsp3) is 0.625. The van der Waals surface area contributed by atoms with Crippen LogP contribution in [0.25, 0.3) is 0 Å². The third kappa shape index (κ3) is 3.98. The molecule has 0 spiro atoms. The number of carbonyl (C=O) groups excluding carboxylic acids is 1. The van der Waals surface area contributed by atoms with E-state index in [1.165, 1.54) is 11.5 Å². The van der Waals surface area contributed by atoms with Crippen molar-refractivity contribution in [2.75, 3.05) is 38.1 Å². The first-order valence-corrected chi connectivity index (χ1v) is 9.41. The number of aryl methyl sites for hydroxylation is 2. The highest BCUT2D eigenvalue weighted by molar-refractivity contribution is 7.09. The number of rotatable bonds is 5. The predicted molar refractivity (Wildman–Crippen MR) is 97.7 cm³/mol. The lowest BCUT2D eigenvalue weighted by Gasteiger charge is -2.25. The Hall–Kier alpha value is -2.00. The fourth-order valence-corrected chi connectivity index (χ4v) is 3.85. The maximum absolute atomic E-state index is 13.0. The third-order valence-electron chi connectivity index (χ3n) is 4.45. The van der Waals surface area contributed by atoms with Gasteiger partial charge < -0.3 is 15.1 Å². The molecule has 0 bridgehead atoms. The molecule has 1 fully saturated rings. The van der Waals surface area contributed by atoms with Gasteiger partial charge in [-0.1, -0.05) is 6.92 Å². The first-order chi connectivity index (χ1) is 12.1. The Morgan fingerprint density at radius 2 is 2.20 bits per heavy atom. The van der Waals surface area contributed by atoms with Gasteiger partial charge >= 0.3 is 0 Å². The molecule has 0 saturated carbocycles. The topological polar surface area (TPSA) is 79.2 Å². The second-order valence-electron chi connectivity index (χ2n) is 6.18. The lowest BCUT2D eigenvalue weighted by molar-refractivity contribution is -0.133. The molecule has 1 aliphatic heterocycles. The molecule has 1 aliphatic rings. The highest BCUT2D eigenvalue weighted by atomic mass is 32.1. The summed E-state index contributed by atoms with van der Waals surface area (Å²) in [5.41, 5.74) is 0.896. The van der Waals surface area contributed by atoms with Crippen LogP contribution in [-0.4, -0.2) is 63.2 Å². The molecule has 3 rings (SSSR count). The first-order valence-electron chi connectivity index (χ1n) is 8.64. The summed E-state index contributed by atoms with van der Waals surface area (Å²) in [5, 5.41) is 8.26. The van der Waals surface area contributed by atoms with E-state index in [4.69, 9.17) is 0 Å². The second kappa shape index (κ2) is 7.92. The zero-order chi connectivity index (χ0) is 17.8. The van der Waals surface area contributed by atoms with Crippen LogP contribution in [0.1, 0.15) is 30.8 Å². The molecule has 3 heterocycles. The van der Waals surface area contributed by atoms with E-state index >= 15 is 0 Å². The smallest absolute Gasteiger partial charge is 0.244 e. The van der Waals surface area contributed by atoms with Gasteiger partial charge in [0.2, 0.25) is 11.0 Å². The van der Waals surface area contributed by atoms with Crippen LogP contribution in [0, 0.1) is 0 Å². The summed E-state index contributed by atoms with van der Waals surface area (Å²) in [7, 11) is 3.67. The number of nitrogens with zero attached hydrogens (tertiary/aromatic N) is 6. The number of amides is 1. The maximum Gasteiger partial charge on any atom is 0.244 e. The number of hydrogen-bond donors (Lipinski definition) is 1. The lowest BCUT2D eigenvalue weighted by Crippen LogP contribution is -2.41. The monoisotopic (exact) mass is 363 g/mol. The van der Waals surface area contributed by atoms with E-state index in [9.17, 15) is 4.79 Å². The van der Waals surface area contributed by atoms with Crippen molar-refractivity contribution < 1.29 is 4.79 Å². The van der Waals surface area contributed by atoms with Gasteiger partial charge in [0.15, 0.2) is 0 Å². The lowest BCUT2D eigenvalue weighted by atomic mass is 10.1. The minimum atomic E-state index is -0.353. The first kappa shape index (κ1) is 17.8. The number of aromatic nitrogens is 4. The molecule has 25 heavy (non-hydrogen) atoms. The molecule has 0 radical (unpaired) electrons. The van der Waals surface area contributed by atoms with E-state index < -0.39 is 0 Å². The van der Waals surface area contributed by atoms with Gasteiger partial charge in [-0.25, -0.2) is 4.98 Å². The van der Waals surface area contributed by atoms with Crippen molar-refractivity contribution in [2.45, 2.75) is 25.8 Å². The molecule has 0 aromatic carbocycles. The molecule has 2 aromatic rings. The largest absolute Gasteiger partial charge is 0.345 e. The van der Waals surface area contributed by atoms with Crippen LogP contribution in [0.5, 0.6) is 0 Å². The van der Waals surface area contributed by atoms with E-state index in [0.717, 1.165) is 49.0 Å². The molecule has 1 atom stereocenters. The second-order valence-corrected chi connectivity index (χ2v) is 6.91. The zero-order valence-electron chi connectivity index (χ0n) is 15.0. The molecule has 8 nitrogen and oxygen atoms in total. The number of anilines is 1. The summed E-state index contributed by atoms with van der Waals surface area (Å²) in [6, 6.07) is -0.353. The van der Waals surface area contributed by atoms with Crippen molar-refractivity contribution in [2.24, 2.45) is 7.05 Å². The van der Waals surface area contributed by atoms with Crippen LogP contribution in [0.15, 0.2) is 12.4 Å². The zero-order valence-corrected chi connectivity index (χ0v) is 15.8. The molecule has 1 N–H and O–H groups in total. The number of likely N-dealkylation sites (N-methyl/N-ethyl adjacent to an activating group) is 1. The average molecular weight is 363 g/mol. The van der Waals surface area contributed by atoms with Crippen molar-refractivity contribution >= 4 is 22.6 Å². The molecule has 9 heteroatoms. The molecule has 1 amide bonds. The van der Waals surface area contributed by atoms with Crippen molar-refractivity contribution in [3.63, 3.8) is 0 Å². The van der Waals surface area contributed by atoms with Gasteiger partial charge in [-0.15, -0.1) is 0 Å². The normalized spacial score (nSPS) is 16.8. The standard InChI is InChI=1S/C16H25N7OS/c1-4-13-19-16(25-20-13)23-7-5-6-22(8-9-23)15(24)14(17-2)12-10-18-21(3)11-12/h10-11,14,17H,4-9H2,1-3H3. The Bertz CT molecular complexity index is 713. The average Bonchev–Trinajstić information content (AvgIpc) is 3.18. The van der Waals surface area contributed by atoms with E-state index in [1.54, 1.807) is 10.9 Å². The van der Waals surface area contributed by atoms with Crippen LogP contribution in [0.2, 0.25) is 0 Å². The number of nitrogens with one attached hydrogen (secondary N) is 1. The minimum absolute atomic E-state index is 0.101. The summed E-state index contributed by atoms with van der Waals surface area (Å²) in [6.45, 7) is 5.20. The summed E-state index contributed by atoms with van der Waals surface area (Å²) in [5.74, 6) is 0.993. The van der Waals surface area contributed by atoms with Crippen LogP contribution >= 0.6 is 11.5 Å². The summed E-state index contributed by atoms with van der Waals surface area (Å²) < 4.78 is 6.09. The van der Waals surface area contributed by atoms with Gasteiger partial charge in [0.25, 0.3) is 0 Å². The molecular weight excluding hydrogens is 338 g/mol. The quantitative estimate of drug-likeness (QED) is 0.848. The van der Waals surface area contributed by atoms with E-state index in [2.05, 4.69) is 31.6 Å².